The fraction of sp³-hybridized carbons (Fsp3) is 0.222. The third-order valence-corrected chi connectivity index (χ3v) is 3.64. The van der Waals surface area contributed by atoms with Crippen LogP contribution < -0.4 is 0 Å². The maximum atomic E-state index is 11.4. The molecule has 0 aliphatic rings. The predicted octanol–water partition coefficient (Wildman–Crippen LogP) is 1.74. The van der Waals surface area contributed by atoms with Gasteiger partial charge in [-0.3, -0.25) is 9.36 Å². The molecule has 0 unspecified atom stereocenters. The molecule has 2 N–H and O–H groups in total. The van der Waals surface area contributed by atoms with Crippen LogP contribution >= 0.6 is 19.4 Å². The van der Waals surface area contributed by atoms with E-state index in [1.54, 1.807) is 30.3 Å². The lowest BCUT2D eigenvalue weighted by Crippen LogP contribution is -1.98. The van der Waals surface area contributed by atoms with Gasteiger partial charge in [0.2, 0.25) is 5.12 Å². The lowest BCUT2D eigenvalue weighted by molar-refractivity contribution is 0.108. The van der Waals surface area contributed by atoms with Crippen molar-refractivity contribution in [2.45, 2.75) is 0 Å². The summed E-state index contributed by atoms with van der Waals surface area (Å²) in [5.74, 6) is 0.137. The number of thioether (sulfide) groups is 1. The van der Waals surface area contributed by atoms with Crippen LogP contribution in [-0.4, -0.2) is 26.8 Å². The van der Waals surface area contributed by atoms with E-state index in [0.717, 1.165) is 11.8 Å². The fourth-order valence-electron chi connectivity index (χ4n) is 0.915. The van der Waals surface area contributed by atoms with E-state index in [9.17, 15) is 9.36 Å². The van der Waals surface area contributed by atoms with E-state index in [1.807, 2.05) is 0 Å². The molecule has 0 atom stereocenters. The van der Waals surface area contributed by atoms with Crippen molar-refractivity contribution in [1.82, 2.24) is 0 Å². The molecule has 0 saturated heterocycles. The van der Waals surface area contributed by atoms with Gasteiger partial charge in [0.15, 0.2) is 0 Å². The van der Waals surface area contributed by atoms with Crippen LogP contribution in [0.15, 0.2) is 30.3 Å². The molecule has 0 aliphatic carbocycles. The molecule has 0 saturated carbocycles. The van der Waals surface area contributed by atoms with Gasteiger partial charge in [-0.05, 0) is 0 Å². The Morgan fingerprint density at radius 1 is 1.27 bits per heavy atom. The summed E-state index contributed by atoms with van der Waals surface area (Å²) in [6.07, 6.45) is -0.268. The van der Waals surface area contributed by atoms with Crippen LogP contribution in [-0.2, 0) is 4.57 Å². The molecule has 0 bridgehead atoms. The molecule has 6 heteroatoms. The molecule has 0 spiro atoms. The zero-order valence-corrected chi connectivity index (χ0v) is 9.58. The van der Waals surface area contributed by atoms with Gasteiger partial charge in [-0.15, -0.1) is 0 Å². The topological polar surface area (TPSA) is 74.6 Å². The minimum absolute atomic E-state index is 0.137. The molecule has 0 aliphatic heterocycles. The molecular formula is C9H11O4PS. The number of hydrogen-bond acceptors (Lipinski definition) is 3. The first-order chi connectivity index (χ1) is 6.99. The molecule has 0 amide bonds. The maximum absolute atomic E-state index is 11.4. The first kappa shape index (κ1) is 12.5. The Morgan fingerprint density at radius 2 is 1.87 bits per heavy atom. The van der Waals surface area contributed by atoms with Gasteiger partial charge in [-0.1, -0.05) is 42.1 Å². The first-order valence-electron chi connectivity index (χ1n) is 4.26. The summed E-state index contributed by atoms with van der Waals surface area (Å²) in [5.41, 5.74) is 0.549. The number of rotatable bonds is 4. The van der Waals surface area contributed by atoms with Crippen LogP contribution in [0.1, 0.15) is 10.4 Å². The molecule has 0 radical (unpaired) electrons. The predicted molar refractivity (Wildman–Crippen MR) is 60.1 cm³/mol. The quantitative estimate of drug-likeness (QED) is 0.791. The zero-order valence-electron chi connectivity index (χ0n) is 7.87. The summed E-state index contributed by atoms with van der Waals surface area (Å²) >= 11 is 0.925. The highest BCUT2D eigenvalue weighted by atomic mass is 32.2. The Hall–Kier alpha value is -0.610. The third kappa shape index (κ3) is 5.14. The van der Waals surface area contributed by atoms with E-state index in [0.29, 0.717) is 5.56 Å². The second-order valence-corrected chi connectivity index (χ2v) is 5.73. The fourth-order valence-corrected chi connectivity index (χ4v) is 2.72. The Labute approximate surface area is 91.9 Å². The normalized spacial score (nSPS) is 11.3. The van der Waals surface area contributed by atoms with Gasteiger partial charge in [0.1, 0.15) is 0 Å². The van der Waals surface area contributed by atoms with E-state index < -0.39 is 7.60 Å². The number of hydrogen-bond donors (Lipinski definition) is 2. The lowest BCUT2D eigenvalue weighted by Gasteiger charge is -2.02. The zero-order chi connectivity index (χ0) is 11.3. The Kier molecular flexibility index (Phi) is 4.54. The van der Waals surface area contributed by atoms with E-state index in [4.69, 9.17) is 9.79 Å². The van der Waals surface area contributed by atoms with Gasteiger partial charge in [-0.2, -0.15) is 0 Å². The van der Waals surface area contributed by atoms with Crippen LogP contribution in [0.5, 0.6) is 0 Å². The molecule has 4 nitrogen and oxygen atoms in total. The summed E-state index contributed by atoms with van der Waals surface area (Å²) in [6.45, 7) is 0. The Bertz CT molecular complexity index is 373. The van der Waals surface area contributed by atoms with Crippen molar-refractivity contribution in [3.05, 3.63) is 35.9 Å². The summed E-state index contributed by atoms with van der Waals surface area (Å²) in [6, 6.07) is 8.64. The molecule has 0 heterocycles. The summed E-state index contributed by atoms with van der Waals surface area (Å²) in [5, 5.41) is -0.163. The Morgan fingerprint density at radius 3 is 2.40 bits per heavy atom. The average molecular weight is 246 g/mol. The van der Waals surface area contributed by atoms with Crippen molar-refractivity contribution in [3.8, 4) is 0 Å². The summed E-state index contributed by atoms with van der Waals surface area (Å²) < 4.78 is 10.5. The largest absolute Gasteiger partial charge is 0.326 e. The molecule has 1 aromatic carbocycles. The average Bonchev–Trinajstić information content (AvgIpc) is 2.17. The van der Waals surface area contributed by atoms with Crippen molar-refractivity contribution < 1.29 is 19.1 Å². The van der Waals surface area contributed by atoms with Crippen molar-refractivity contribution in [2.24, 2.45) is 0 Å². The second kappa shape index (κ2) is 5.47. The summed E-state index contributed by atoms with van der Waals surface area (Å²) in [4.78, 5) is 28.6. The molecule has 0 aromatic heterocycles. The van der Waals surface area contributed by atoms with E-state index in [1.165, 1.54) is 0 Å². The van der Waals surface area contributed by atoms with Crippen molar-refractivity contribution in [3.63, 3.8) is 0 Å². The van der Waals surface area contributed by atoms with Crippen LogP contribution in [0.2, 0.25) is 0 Å². The van der Waals surface area contributed by atoms with Gasteiger partial charge < -0.3 is 9.79 Å². The highest BCUT2D eigenvalue weighted by molar-refractivity contribution is 8.14. The molecule has 1 rings (SSSR count). The standard InChI is InChI=1S/C9H11O4PS/c10-9(8-4-2-1-3-5-8)15-7-6-14(11,12)13/h1-5H,6-7H2,(H2,11,12,13). The van der Waals surface area contributed by atoms with Crippen molar-refractivity contribution in [2.75, 3.05) is 11.9 Å². The van der Waals surface area contributed by atoms with Crippen molar-refractivity contribution >= 4 is 24.5 Å². The minimum atomic E-state index is -3.99. The van der Waals surface area contributed by atoms with Crippen LogP contribution in [0.3, 0.4) is 0 Å². The van der Waals surface area contributed by atoms with Gasteiger partial charge in [-0.25, -0.2) is 0 Å². The van der Waals surface area contributed by atoms with Crippen LogP contribution in [0.25, 0.3) is 0 Å². The number of benzene rings is 1. The van der Waals surface area contributed by atoms with Gasteiger partial charge >= 0.3 is 7.60 Å². The van der Waals surface area contributed by atoms with Gasteiger partial charge in [0.05, 0.1) is 6.16 Å². The SMILES string of the molecule is O=C(SCCP(=O)(O)O)c1ccccc1. The number of carbonyl (C=O) groups is 1. The minimum Gasteiger partial charge on any atom is -0.324 e. The smallest absolute Gasteiger partial charge is 0.324 e. The molecule has 0 fully saturated rings. The van der Waals surface area contributed by atoms with Gasteiger partial charge in [0.25, 0.3) is 0 Å². The monoisotopic (exact) mass is 246 g/mol. The third-order valence-electron chi connectivity index (χ3n) is 1.63. The highest BCUT2D eigenvalue weighted by Crippen LogP contribution is 2.35. The maximum Gasteiger partial charge on any atom is 0.326 e. The Balaban J connectivity index is 2.41. The lowest BCUT2D eigenvalue weighted by atomic mass is 10.2. The van der Waals surface area contributed by atoms with E-state index in [2.05, 4.69) is 0 Å². The second-order valence-electron chi connectivity index (χ2n) is 2.89. The number of carbonyl (C=O) groups excluding carboxylic acids is 1. The van der Waals surface area contributed by atoms with E-state index >= 15 is 0 Å². The molecule has 15 heavy (non-hydrogen) atoms. The molecule has 82 valence electrons. The van der Waals surface area contributed by atoms with Gasteiger partial charge in [0, 0.05) is 11.3 Å². The summed E-state index contributed by atoms with van der Waals surface area (Å²) in [7, 11) is -3.99. The first-order valence-corrected chi connectivity index (χ1v) is 7.04. The molecule has 1 aromatic rings. The van der Waals surface area contributed by atoms with Crippen molar-refractivity contribution in [1.29, 1.82) is 0 Å². The van der Waals surface area contributed by atoms with Crippen LogP contribution in [0.4, 0.5) is 0 Å². The highest BCUT2D eigenvalue weighted by Gasteiger charge is 2.14. The van der Waals surface area contributed by atoms with Crippen LogP contribution in [0, 0.1) is 0 Å². The molecular weight excluding hydrogens is 235 g/mol. The van der Waals surface area contributed by atoms with E-state index in [-0.39, 0.29) is 17.0 Å².